The van der Waals surface area contributed by atoms with E-state index in [0.29, 0.717) is 30.2 Å². The Kier molecular flexibility index (Phi) is 7.83. The van der Waals surface area contributed by atoms with Crippen LogP contribution in [0.25, 0.3) is 0 Å². The van der Waals surface area contributed by atoms with Crippen LogP contribution in [0.1, 0.15) is 35.2 Å². The number of nitrogens with one attached hydrogen (secondary N) is 1. The van der Waals surface area contributed by atoms with Crippen molar-refractivity contribution < 1.29 is 19.1 Å². The highest BCUT2D eigenvalue weighted by Gasteiger charge is 2.23. The number of likely N-dealkylation sites (tertiary alicyclic amines) is 1. The minimum absolute atomic E-state index is 0. The topological polar surface area (TPSA) is 87.3 Å². The molecular formula is C15H24IN3O4. The summed E-state index contributed by atoms with van der Waals surface area (Å²) in [4.78, 5) is 18.1. The molecule has 7 nitrogen and oxygen atoms in total. The van der Waals surface area contributed by atoms with Gasteiger partial charge in [-0.05, 0) is 26.3 Å². The Morgan fingerprint density at radius 1 is 1.61 bits per heavy atom. The number of rotatable bonds is 4. The van der Waals surface area contributed by atoms with E-state index in [4.69, 9.17) is 9.15 Å². The van der Waals surface area contributed by atoms with Crippen molar-refractivity contribution in [1.29, 1.82) is 0 Å². The number of halogens is 1. The van der Waals surface area contributed by atoms with Gasteiger partial charge in [-0.15, -0.1) is 24.0 Å². The summed E-state index contributed by atoms with van der Waals surface area (Å²) in [5.41, 5.74) is 0.425. The molecule has 1 fully saturated rings. The summed E-state index contributed by atoms with van der Waals surface area (Å²) in [7, 11) is 1.34. The Labute approximate surface area is 153 Å². The minimum Gasteiger partial charge on any atom is -0.465 e. The molecule has 1 atom stereocenters. The molecule has 0 radical (unpaired) electrons. The largest absolute Gasteiger partial charge is 0.465 e. The van der Waals surface area contributed by atoms with Gasteiger partial charge in [-0.3, -0.25) is 0 Å². The number of aryl methyl sites for hydroxylation is 1. The van der Waals surface area contributed by atoms with E-state index in [1.54, 1.807) is 13.0 Å². The number of aliphatic imine (C=N–C) groups is 1. The van der Waals surface area contributed by atoms with Crippen LogP contribution in [-0.2, 0) is 11.3 Å². The van der Waals surface area contributed by atoms with Gasteiger partial charge in [-0.25, -0.2) is 9.79 Å². The maximum atomic E-state index is 11.6. The van der Waals surface area contributed by atoms with Gasteiger partial charge in [0.25, 0.3) is 0 Å². The van der Waals surface area contributed by atoms with Gasteiger partial charge in [-0.2, -0.15) is 0 Å². The average Bonchev–Trinajstić information content (AvgIpc) is 3.09. The summed E-state index contributed by atoms with van der Waals surface area (Å²) in [6, 6.07) is 1.66. The average molecular weight is 437 g/mol. The van der Waals surface area contributed by atoms with Crippen molar-refractivity contribution in [2.24, 2.45) is 4.99 Å². The molecule has 0 spiro atoms. The molecule has 2 heterocycles. The molecule has 0 bridgehead atoms. The third kappa shape index (κ3) is 5.10. The predicted octanol–water partition coefficient (Wildman–Crippen LogP) is 1.52. The Balaban J connectivity index is 0.00000264. The van der Waals surface area contributed by atoms with E-state index in [2.05, 4.69) is 10.3 Å². The summed E-state index contributed by atoms with van der Waals surface area (Å²) < 4.78 is 10.3. The first-order chi connectivity index (χ1) is 10.5. The van der Waals surface area contributed by atoms with Crippen LogP contribution in [0.4, 0.5) is 0 Å². The molecule has 1 saturated heterocycles. The lowest BCUT2D eigenvalue weighted by Crippen LogP contribution is -2.40. The lowest BCUT2D eigenvalue weighted by Gasteiger charge is -2.20. The monoisotopic (exact) mass is 437 g/mol. The lowest BCUT2D eigenvalue weighted by atomic mass is 10.2. The molecule has 0 unspecified atom stereocenters. The molecule has 0 aromatic carbocycles. The molecule has 2 N–H and O–H groups in total. The highest BCUT2D eigenvalue weighted by Crippen LogP contribution is 2.17. The summed E-state index contributed by atoms with van der Waals surface area (Å²) in [5, 5.41) is 12.8. The molecule has 1 aromatic heterocycles. The molecule has 1 aromatic rings. The number of hydrogen-bond donors (Lipinski definition) is 2. The van der Waals surface area contributed by atoms with Crippen molar-refractivity contribution in [3.8, 4) is 0 Å². The van der Waals surface area contributed by atoms with Gasteiger partial charge in [0, 0.05) is 19.6 Å². The van der Waals surface area contributed by atoms with Gasteiger partial charge in [0.1, 0.15) is 23.6 Å². The van der Waals surface area contributed by atoms with E-state index >= 15 is 0 Å². The molecule has 0 saturated carbocycles. The van der Waals surface area contributed by atoms with Crippen molar-refractivity contribution in [3.63, 3.8) is 0 Å². The highest BCUT2D eigenvalue weighted by atomic mass is 127. The standard InChI is InChI=1S/C15H23N3O4.HI/c1-4-16-15(18-6-5-11(19)9-18)17-8-12-7-13(10(2)22-12)14(20)21-3;/h7,11,19H,4-6,8-9H2,1-3H3,(H,16,17);1H/t11-;/m1./s1. The number of furan rings is 1. The second-order valence-corrected chi connectivity index (χ2v) is 5.23. The van der Waals surface area contributed by atoms with Crippen molar-refractivity contribution >= 4 is 35.9 Å². The van der Waals surface area contributed by atoms with E-state index in [-0.39, 0.29) is 30.1 Å². The molecular weight excluding hydrogens is 413 g/mol. The number of aliphatic hydroxyl groups excluding tert-OH is 1. The van der Waals surface area contributed by atoms with Gasteiger partial charge in [0.2, 0.25) is 0 Å². The number of ether oxygens (including phenoxy) is 1. The predicted molar refractivity (Wildman–Crippen MR) is 97.2 cm³/mol. The Morgan fingerprint density at radius 2 is 2.35 bits per heavy atom. The minimum atomic E-state index is -0.411. The second kappa shape index (κ2) is 9.11. The van der Waals surface area contributed by atoms with Crippen molar-refractivity contribution in [2.45, 2.75) is 32.9 Å². The van der Waals surface area contributed by atoms with Gasteiger partial charge in [0.05, 0.1) is 13.2 Å². The van der Waals surface area contributed by atoms with Crippen molar-refractivity contribution in [3.05, 3.63) is 23.2 Å². The number of aliphatic hydroxyl groups is 1. The highest BCUT2D eigenvalue weighted by molar-refractivity contribution is 14.0. The molecule has 0 aliphatic carbocycles. The van der Waals surface area contributed by atoms with Crippen molar-refractivity contribution in [1.82, 2.24) is 10.2 Å². The molecule has 2 rings (SSSR count). The van der Waals surface area contributed by atoms with E-state index in [9.17, 15) is 9.90 Å². The quantitative estimate of drug-likeness (QED) is 0.322. The van der Waals surface area contributed by atoms with Crippen LogP contribution in [0.15, 0.2) is 15.5 Å². The van der Waals surface area contributed by atoms with E-state index in [0.717, 1.165) is 25.5 Å². The molecule has 130 valence electrons. The van der Waals surface area contributed by atoms with Gasteiger partial charge >= 0.3 is 5.97 Å². The van der Waals surface area contributed by atoms with Gasteiger partial charge < -0.3 is 24.5 Å². The molecule has 1 aliphatic rings. The number of carbonyl (C=O) groups is 1. The third-order valence-corrected chi connectivity index (χ3v) is 3.56. The van der Waals surface area contributed by atoms with Crippen molar-refractivity contribution in [2.75, 3.05) is 26.7 Å². The molecule has 0 amide bonds. The number of hydrogen-bond acceptors (Lipinski definition) is 5. The Hall–Kier alpha value is -1.29. The van der Waals surface area contributed by atoms with Crippen LogP contribution in [0.2, 0.25) is 0 Å². The lowest BCUT2D eigenvalue weighted by molar-refractivity contribution is 0.0599. The number of esters is 1. The summed E-state index contributed by atoms with van der Waals surface area (Å²) in [6.07, 6.45) is 0.442. The van der Waals surface area contributed by atoms with Crippen LogP contribution in [0.5, 0.6) is 0 Å². The Bertz CT molecular complexity index is 559. The number of guanidine groups is 1. The molecule has 8 heteroatoms. The maximum absolute atomic E-state index is 11.6. The fraction of sp³-hybridized carbons (Fsp3) is 0.600. The van der Waals surface area contributed by atoms with Crippen LogP contribution in [0, 0.1) is 6.92 Å². The first-order valence-electron chi connectivity index (χ1n) is 7.44. The fourth-order valence-electron chi connectivity index (χ4n) is 2.45. The van der Waals surface area contributed by atoms with Crippen LogP contribution >= 0.6 is 24.0 Å². The molecule has 23 heavy (non-hydrogen) atoms. The number of nitrogens with zero attached hydrogens (tertiary/aromatic N) is 2. The van der Waals surface area contributed by atoms with Crippen LogP contribution in [-0.4, -0.2) is 54.8 Å². The summed E-state index contributed by atoms with van der Waals surface area (Å²) in [5.74, 6) is 1.46. The van der Waals surface area contributed by atoms with Gasteiger partial charge in [0.15, 0.2) is 5.96 Å². The fourth-order valence-corrected chi connectivity index (χ4v) is 2.45. The maximum Gasteiger partial charge on any atom is 0.341 e. The first-order valence-corrected chi connectivity index (χ1v) is 7.44. The number of carbonyl (C=O) groups excluding carboxylic acids is 1. The van der Waals surface area contributed by atoms with E-state index in [1.807, 2.05) is 11.8 Å². The van der Waals surface area contributed by atoms with Crippen LogP contribution in [0.3, 0.4) is 0 Å². The number of β-amino-alcohol motifs (C(OH)–C–C–N with tert-alkyl or cyclic N) is 1. The summed E-state index contributed by atoms with van der Waals surface area (Å²) in [6.45, 7) is 6.15. The zero-order valence-corrected chi connectivity index (χ0v) is 16.0. The normalized spacial score (nSPS) is 17.8. The first kappa shape index (κ1) is 19.8. The third-order valence-electron chi connectivity index (χ3n) is 3.56. The second-order valence-electron chi connectivity index (χ2n) is 5.23. The van der Waals surface area contributed by atoms with Crippen LogP contribution < -0.4 is 5.32 Å². The van der Waals surface area contributed by atoms with E-state index in [1.165, 1.54) is 7.11 Å². The number of methoxy groups -OCH3 is 1. The zero-order valence-electron chi connectivity index (χ0n) is 13.7. The Morgan fingerprint density at radius 3 is 2.91 bits per heavy atom. The van der Waals surface area contributed by atoms with E-state index < -0.39 is 5.97 Å². The zero-order chi connectivity index (χ0) is 16.1. The molecule has 1 aliphatic heterocycles. The summed E-state index contributed by atoms with van der Waals surface area (Å²) >= 11 is 0. The smallest absolute Gasteiger partial charge is 0.341 e. The SMILES string of the molecule is CCNC(=NCc1cc(C(=O)OC)c(C)o1)N1CC[C@@H](O)C1.I. The van der Waals surface area contributed by atoms with Gasteiger partial charge in [-0.1, -0.05) is 0 Å².